The highest BCUT2D eigenvalue weighted by molar-refractivity contribution is 5.84. The first-order valence-electron chi connectivity index (χ1n) is 6.59. The quantitative estimate of drug-likeness (QED) is 0.886. The second-order valence-corrected chi connectivity index (χ2v) is 5.26. The van der Waals surface area contributed by atoms with Gasteiger partial charge in [-0.25, -0.2) is 0 Å². The van der Waals surface area contributed by atoms with Crippen LogP contribution in [-0.4, -0.2) is 7.11 Å². The Labute approximate surface area is 108 Å². The number of rotatable bonds is 4. The molecule has 2 nitrogen and oxygen atoms in total. The largest absolute Gasteiger partial charge is 0.497 e. The Hall–Kier alpha value is -1.54. The van der Waals surface area contributed by atoms with Gasteiger partial charge in [-0.05, 0) is 46.9 Å². The maximum atomic E-state index is 6.26. The fourth-order valence-electron chi connectivity index (χ4n) is 2.45. The fraction of sp³-hybridized carbons (Fsp3) is 0.375. The minimum atomic E-state index is 0.184. The van der Waals surface area contributed by atoms with Gasteiger partial charge in [-0.15, -0.1) is 0 Å². The Balaban J connectivity index is 1.90. The minimum Gasteiger partial charge on any atom is -0.497 e. The van der Waals surface area contributed by atoms with Crippen LogP contribution in [0.2, 0.25) is 0 Å². The second kappa shape index (κ2) is 4.62. The molecule has 0 aromatic heterocycles. The third kappa shape index (κ3) is 2.34. The molecule has 18 heavy (non-hydrogen) atoms. The van der Waals surface area contributed by atoms with Gasteiger partial charge in [0.05, 0.1) is 7.11 Å². The van der Waals surface area contributed by atoms with Crippen molar-refractivity contribution in [2.24, 2.45) is 11.7 Å². The van der Waals surface area contributed by atoms with E-state index in [2.05, 4.69) is 30.3 Å². The van der Waals surface area contributed by atoms with E-state index in [9.17, 15) is 0 Å². The Morgan fingerprint density at radius 3 is 2.61 bits per heavy atom. The summed E-state index contributed by atoms with van der Waals surface area (Å²) in [4.78, 5) is 0. The summed E-state index contributed by atoms with van der Waals surface area (Å²) >= 11 is 0. The van der Waals surface area contributed by atoms with Gasteiger partial charge in [-0.2, -0.15) is 0 Å². The van der Waals surface area contributed by atoms with Crippen LogP contribution in [-0.2, 0) is 0 Å². The van der Waals surface area contributed by atoms with Gasteiger partial charge in [0.1, 0.15) is 5.75 Å². The number of hydrogen-bond donors (Lipinski definition) is 1. The van der Waals surface area contributed by atoms with Gasteiger partial charge in [-0.3, -0.25) is 0 Å². The molecule has 0 aliphatic heterocycles. The van der Waals surface area contributed by atoms with Crippen molar-refractivity contribution in [1.29, 1.82) is 0 Å². The minimum absolute atomic E-state index is 0.184. The van der Waals surface area contributed by atoms with Crippen LogP contribution in [0.1, 0.15) is 30.9 Å². The van der Waals surface area contributed by atoms with E-state index in [4.69, 9.17) is 10.5 Å². The summed E-state index contributed by atoms with van der Waals surface area (Å²) in [6.07, 6.45) is 3.85. The monoisotopic (exact) mass is 241 g/mol. The summed E-state index contributed by atoms with van der Waals surface area (Å²) in [5.74, 6) is 1.77. The van der Waals surface area contributed by atoms with Gasteiger partial charge in [0, 0.05) is 6.04 Å². The van der Waals surface area contributed by atoms with E-state index in [1.165, 1.54) is 29.2 Å². The predicted octanol–water partition coefficient (Wildman–Crippen LogP) is 3.65. The standard InChI is InChI=1S/C16H19NO/c1-18-15-7-6-12-9-14(5-4-13(12)10-15)16(17)8-11-2-3-11/h4-7,9-11,16H,2-3,8,17H2,1H3/t16-/m0/s1. The predicted molar refractivity (Wildman–Crippen MR) is 74.8 cm³/mol. The smallest absolute Gasteiger partial charge is 0.119 e. The van der Waals surface area contributed by atoms with Crippen LogP contribution < -0.4 is 10.5 Å². The molecule has 1 atom stereocenters. The van der Waals surface area contributed by atoms with E-state index >= 15 is 0 Å². The molecular formula is C16H19NO. The average molecular weight is 241 g/mol. The van der Waals surface area contributed by atoms with E-state index in [1.807, 2.05) is 6.07 Å². The molecule has 3 rings (SSSR count). The molecule has 2 heteroatoms. The maximum Gasteiger partial charge on any atom is 0.119 e. The van der Waals surface area contributed by atoms with Crippen molar-refractivity contribution in [3.63, 3.8) is 0 Å². The lowest BCUT2D eigenvalue weighted by Crippen LogP contribution is -2.10. The van der Waals surface area contributed by atoms with Gasteiger partial charge >= 0.3 is 0 Å². The van der Waals surface area contributed by atoms with Gasteiger partial charge in [-0.1, -0.05) is 31.0 Å². The molecule has 0 bridgehead atoms. The third-order valence-corrected chi connectivity index (χ3v) is 3.78. The highest BCUT2D eigenvalue weighted by atomic mass is 16.5. The van der Waals surface area contributed by atoms with Crippen molar-refractivity contribution in [3.8, 4) is 5.75 Å². The summed E-state index contributed by atoms with van der Waals surface area (Å²) in [6, 6.07) is 12.8. The molecule has 94 valence electrons. The van der Waals surface area contributed by atoms with E-state index in [0.717, 1.165) is 18.1 Å². The third-order valence-electron chi connectivity index (χ3n) is 3.78. The highest BCUT2D eigenvalue weighted by Gasteiger charge is 2.24. The first-order valence-corrected chi connectivity index (χ1v) is 6.59. The van der Waals surface area contributed by atoms with Gasteiger partial charge in [0.2, 0.25) is 0 Å². The van der Waals surface area contributed by atoms with Crippen molar-refractivity contribution in [2.75, 3.05) is 7.11 Å². The van der Waals surface area contributed by atoms with Crippen molar-refractivity contribution in [1.82, 2.24) is 0 Å². The van der Waals surface area contributed by atoms with Crippen LogP contribution in [0, 0.1) is 5.92 Å². The molecule has 2 N–H and O–H groups in total. The fourth-order valence-corrected chi connectivity index (χ4v) is 2.45. The van der Waals surface area contributed by atoms with E-state index in [-0.39, 0.29) is 6.04 Å². The number of benzene rings is 2. The van der Waals surface area contributed by atoms with Gasteiger partial charge < -0.3 is 10.5 Å². The van der Waals surface area contributed by atoms with E-state index < -0.39 is 0 Å². The number of fused-ring (bicyclic) bond motifs is 1. The normalized spacial score (nSPS) is 16.8. The second-order valence-electron chi connectivity index (χ2n) is 5.26. The summed E-state index contributed by atoms with van der Waals surface area (Å²) < 4.78 is 5.24. The van der Waals surface area contributed by atoms with Crippen LogP contribution in [0.15, 0.2) is 36.4 Å². The Morgan fingerprint density at radius 1 is 1.17 bits per heavy atom. The molecule has 1 aliphatic rings. The zero-order chi connectivity index (χ0) is 12.5. The zero-order valence-corrected chi connectivity index (χ0v) is 10.7. The van der Waals surface area contributed by atoms with Crippen molar-refractivity contribution < 1.29 is 4.74 Å². The summed E-state index contributed by atoms with van der Waals surface area (Å²) in [5.41, 5.74) is 7.51. The first kappa shape index (κ1) is 11.5. The van der Waals surface area contributed by atoms with Crippen molar-refractivity contribution in [2.45, 2.75) is 25.3 Å². The lowest BCUT2D eigenvalue weighted by Gasteiger charge is -2.12. The number of nitrogens with two attached hydrogens (primary N) is 1. The van der Waals surface area contributed by atoms with Crippen molar-refractivity contribution in [3.05, 3.63) is 42.0 Å². The van der Waals surface area contributed by atoms with Crippen molar-refractivity contribution >= 4 is 10.8 Å². The highest BCUT2D eigenvalue weighted by Crippen LogP contribution is 2.37. The molecule has 1 fully saturated rings. The van der Waals surface area contributed by atoms with Crippen LogP contribution in [0.25, 0.3) is 10.8 Å². The zero-order valence-electron chi connectivity index (χ0n) is 10.7. The number of ether oxygens (including phenoxy) is 1. The molecule has 0 saturated heterocycles. The van der Waals surface area contributed by atoms with Gasteiger partial charge in [0.15, 0.2) is 0 Å². The Bertz CT molecular complexity index is 560. The van der Waals surface area contributed by atoms with Crippen LogP contribution in [0.4, 0.5) is 0 Å². The van der Waals surface area contributed by atoms with Crippen LogP contribution in [0.3, 0.4) is 0 Å². The maximum absolute atomic E-state index is 6.26. The number of hydrogen-bond acceptors (Lipinski definition) is 2. The summed E-state index contributed by atoms with van der Waals surface area (Å²) in [7, 11) is 1.70. The molecule has 0 heterocycles. The first-order chi connectivity index (χ1) is 8.76. The van der Waals surface area contributed by atoms with E-state index in [0.29, 0.717) is 0 Å². The topological polar surface area (TPSA) is 35.2 Å². The van der Waals surface area contributed by atoms with Crippen LogP contribution >= 0.6 is 0 Å². The molecule has 0 spiro atoms. The molecule has 0 unspecified atom stereocenters. The average Bonchev–Trinajstić information content (AvgIpc) is 3.21. The number of methoxy groups -OCH3 is 1. The lowest BCUT2D eigenvalue weighted by molar-refractivity contribution is 0.415. The summed E-state index contributed by atoms with van der Waals surface area (Å²) in [6.45, 7) is 0. The molecule has 0 radical (unpaired) electrons. The Morgan fingerprint density at radius 2 is 1.89 bits per heavy atom. The molecule has 2 aromatic carbocycles. The molecular weight excluding hydrogens is 222 g/mol. The van der Waals surface area contributed by atoms with E-state index in [1.54, 1.807) is 7.11 Å². The SMILES string of the molecule is COc1ccc2cc([C@@H](N)CC3CC3)ccc2c1. The molecule has 2 aromatic rings. The molecule has 0 amide bonds. The van der Waals surface area contributed by atoms with Crippen LogP contribution in [0.5, 0.6) is 5.75 Å². The molecule has 1 aliphatic carbocycles. The molecule has 1 saturated carbocycles. The summed E-state index contributed by atoms with van der Waals surface area (Å²) in [5, 5.41) is 2.44. The van der Waals surface area contributed by atoms with Gasteiger partial charge in [0.25, 0.3) is 0 Å². The lowest BCUT2D eigenvalue weighted by atomic mass is 9.99. The Kier molecular flexibility index (Phi) is 2.96.